The first-order chi connectivity index (χ1) is 22.1. The number of unbranched alkanes of at least 4 members (excludes halogenated alkanes) is 11. The molecule has 0 fully saturated rings. The summed E-state index contributed by atoms with van der Waals surface area (Å²) < 4.78 is 47.4. The zero-order chi connectivity index (χ0) is 35.6. The molecule has 0 aliphatic rings. The van der Waals surface area contributed by atoms with Crippen molar-refractivity contribution in [2.24, 2.45) is 11.8 Å². The van der Waals surface area contributed by atoms with Crippen LogP contribution in [0.25, 0.3) is 0 Å². The van der Waals surface area contributed by atoms with Gasteiger partial charge in [-0.3, -0.25) is 23.2 Å². The van der Waals surface area contributed by atoms with Crippen molar-refractivity contribution >= 4 is 27.6 Å². The minimum atomic E-state index is -4.85. The molecule has 0 radical (unpaired) electrons. The number of aliphatic hydroxyl groups excluding tert-OH is 1. The van der Waals surface area contributed by atoms with E-state index in [2.05, 4.69) is 36.7 Å². The maximum atomic E-state index is 12.5. The first kappa shape index (κ1) is 46.1. The number of carbonyl (C=O) groups excluding carboxylic acids is 2. The molecule has 15 heteroatoms. The highest BCUT2D eigenvalue weighted by Gasteiger charge is 2.28. The van der Waals surface area contributed by atoms with Crippen LogP contribution in [0.15, 0.2) is 0 Å². The number of rotatable bonds is 32. The lowest BCUT2D eigenvalue weighted by molar-refractivity contribution is -0.161. The van der Waals surface area contributed by atoms with Gasteiger partial charge in [-0.25, -0.2) is 9.13 Å². The third-order valence-electron chi connectivity index (χ3n) is 7.70. The zero-order valence-corrected chi connectivity index (χ0v) is 31.0. The summed E-state index contributed by atoms with van der Waals surface area (Å²) in [7, 11) is -9.64. The molecule has 47 heavy (non-hydrogen) atoms. The molecular weight excluding hydrogens is 654 g/mol. The Kier molecular flexibility index (Phi) is 27.4. The number of hydrogen-bond acceptors (Lipinski definition) is 10. The van der Waals surface area contributed by atoms with Crippen LogP contribution < -0.4 is 0 Å². The summed E-state index contributed by atoms with van der Waals surface area (Å²) in [6, 6.07) is 0. The third kappa shape index (κ3) is 32.1. The van der Waals surface area contributed by atoms with Gasteiger partial charge in [0.15, 0.2) is 6.10 Å². The van der Waals surface area contributed by atoms with Crippen LogP contribution in [-0.4, -0.2) is 70.4 Å². The summed E-state index contributed by atoms with van der Waals surface area (Å²) >= 11 is 0. The van der Waals surface area contributed by atoms with Gasteiger partial charge in [-0.15, -0.1) is 0 Å². The largest absolute Gasteiger partial charge is 0.472 e. The van der Waals surface area contributed by atoms with Crippen molar-refractivity contribution in [2.75, 3.05) is 26.4 Å². The van der Waals surface area contributed by atoms with Crippen LogP contribution in [-0.2, 0) is 41.8 Å². The number of carbonyl (C=O) groups is 2. The molecule has 4 N–H and O–H groups in total. The Labute approximate surface area is 282 Å². The van der Waals surface area contributed by atoms with Crippen LogP contribution in [0, 0.1) is 11.8 Å². The lowest BCUT2D eigenvalue weighted by Gasteiger charge is -2.20. The molecule has 0 aromatic heterocycles. The quantitative estimate of drug-likeness (QED) is 0.0306. The van der Waals surface area contributed by atoms with Gasteiger partial charge in [-0.1, -0.05) is 118 Å². The minimum absolute atomic E-state index is 0.133. The van der Waals surface area contributed by atoms with Gasteiger partial charge in [0.05, 0.1) is 19.8 Å². The number of hydrogen-bond donors (Lipinski definition) is 4. The van der Waals surface area contributed by atoms with Crippen LogP contribution in [0.2, 0.25) is 0 Å². The fraction of sp³-hybridized carbons (Fsp3) is 0.938. The Morgan fingerprint density at radius 2 is 1.09 bits per heavy atom. The van der Waals surface area contributed by atoms with E-state index in [0.29, 0.717) is 12.8 Å². The number of phosphoric ester groups is 2. The second-order valence-electron chi connectivity index (χ2n) is 12.9. The molecule has 0 aromatic rings. The highest BCUT2D eigenvalue weighted by Crippen LogP contribution is 2.43. The van der Waals surface area contributed by atoms with Gasteiger partial charge in [0.2, 0.25) is 0 Å². The normalized spacial score (nSPS) is 15.3. The molecule has 0 saturated carbocycles. The summed E-state index contributed by atoms with van der Waals surface area (Å²) in [5.41, 5.74) is 0. The second kappa shape index (κ2) is 27.9. The number of ether oxygens (including phenoxy) is 2. The summed E-state index contributed by atoms with van der Waals surface area (Å²) in [5, 5.41) is 9.68. The van der Waals surface area contributed by atoms with Crippen LogP contribution >= 0.6 is 15.6 Å². The van der Waals surface area contributed by atoms with Crippen molar-refractivity contribution in [3.8, 4) is 0 Å². The van der Waals surface area contributed by atoms with Crippen molar-refractivity contribution in [3.63, 3.8) is 0 Å². The summed E-state index contributed by atoms with van der Waals surface area (Å²) in [5.74, 6) is 0.437. The third-order valence-corrected chi connectivity index (χ3v) is 9.14. The van der Waals surface area contributed by atoms with Gasteiger partial charge >= 0.3 is 27.6 Å². The van der Waals surface area contributed by atoms with Gasteiger partial charge in [0.25, 0.3) is 0 Å². The molecule has 0 rings (SSSR count). The molecule has 0 aliphatic carbocycles. The molecule has 0 spiro atoms. The standard InChI is InChI=1S/C32H64O13P2/c1-5-28(4)20-16-12-9-10-13-17-21-31(34)41-25-30(26-44-47(39,40)43-24-29(33)23-42-46(36,37)38)45-32(35)22-18-14-8-6-7-11-15-19-27(2)3/h27-30,33H,5-26H2,1-4H3,(H,39,40)(H2,36,37,38)/t28?,29-,30+/m0/s1. The molecule has 2 unspecified atom stereocenters. The van der Waals surface area contributed by atoms with Gasteiger partial charge in [-0.2, -0.15) is 0 Å². The average Bonchev–Trinajstić information content (AvgIpc) is 3.00. The van der Waals surface area contributed by atoms with E-state index < -0.39 is 59.6 Å². The van der Waals surface area contributed by atoms with E-state index >= 15 is 0 Å². The lowest BCUT2D eigenvalue weighted by Crippen LogP contribution is -2.30. The second-order valence-corrected chi connectivity index (χ2v) is 15.6. The van der Waals surface area contributed by atoms with E-state index in [9.17, 15) is 28.7 Å². The van der Waals surface area contributed by atoms with E-state index in [1.807, 2.05) is 0 Å². The van der Waals surface area contributed by atoms with Crippen LogP contribution in [0.4, 0.5) is 0 Å². The van der Waals surface area contributed by atoms with Gasteiger partial charge in [0, 0.05) is 12.8 Å². The molecular formula is C32H64O13P2. The Balaban J connectivity index is 4.65. The molecule has 0 aromatic carbocycles. The van der Waals surface area contributed by atoms with E-state index in [-0.39, 0.29) is 19.4 Å². The SMILES string of the molecule is CCC(C)CCCCCCCCC(=O)OC[C@H](COP(=O)(O)OC[C@@H](O)COP(=O)(O)O)OC(=O)CCCCCCCCCC(C)C. The summed E-state index contributed by atoms with van der Waals surface area (Å²) in [6.07, 6.45) is 14.5. The topological polar surface area (TPSA) is 195 Å². The Morgan fingerprint density at radius 1 is 0.617 bits per heavy atom. The number of esters is 2. The van der Waals surface area contributed by atoms with Gasteiger partial charge < -0.3 is 29.3 Å². The van der Waals surface area contributed by atoms with Gasteiger partial charge in [0.1, 0.15) is 12.7 Å². The Morgan fingerprint density at radius 3 is 1.62 bits per heavy atom. The Hall–Kier alpha value is -0.880. The molecule has 0 heterocycles. The van der Waals surface area contributed by atoms with E-state index in [0.717, 1.165) is 56.8 Å². The van der Waals surface area contributed by atoms with Crippen molar-refractivity contribution in [2.45, 2.75) is 155 Å². The van der Waals surface area contributed by atoms with E-state index in [1.165, 1.54) is 44.9 Å². The predicted molar refractivity (Wildman–Crippen MR) is 179 cm³/mol. The fourth-order valence-corrected chi connectivity index (χ4v) is 5.78. The molecule has 0 aliphatic heterocycles. The minimum Gasteiger partial charge on any atom is -0.462 e. The van der Waals surface area contributed by atoms with Gasteiger partial charge in [-0.05, 0) is 24.7 Å². The maximum Gasteiger partial charge on any atom is 0.472 e. The molecule has 4 atom stereocenters. The monoisotopic (exact) mass is 718 g/mol. The average molecular weight is 719 g/mol. The van der Waals surface area contributed by atoms with E-state index in [4.69, 9.17) is 23.8 Å². The first-order valence-corrected chi connectivity index (χ1v) is 20.5. The van der Waals surface area contributed by atoms with Crippen molar-refractivity contribution in [1.29, 1.82) is 0 Å². The molecule has 0 bridgehead atoms. The van der Waals surface area contributed by atoms with Crippen molar-refractivity contribution in [1.82, 2.24) is 0 Å². The van der Waals surface area contributed by atoms with Crippen molar-refractivity contribution < 1.29 is 61.6 Å². The van der Waals surface area contributed by atoms with Crippen LogP contribution in [0.3, 0.4) is 0 Å². The zero-order valence-electron chi connectivity index (χ0n) is 29.2. The summed E-state index contributed by atoms with van der Waals surface area (Å²) in [6.45, 7) is 6.22. The first-order valence-electron chi connectivity index (χ1n) is 17.5. The highest BCUT2D eigenvalue weighted by molar-refractivity contribution is 7.47. The predicted octanol–water partition coefficient (Wildman–Crippen LogP) is 7.38. The van der Waals surface area contributed by atoms with E-state index in [1.54, 1.807) is 0 Å². The summed E-state index contributed by atoms with van der Waals surface area (Å²) in [4.78, 5) is 52.2. The molecule has 0 saturated heterocycles. The number of phosphoric acid groups is 2. The number of aliphatic hydroxyl groups is 1. The molecule has 280 valence electrons. The maximum absolute atomic E-state index is 12.5. The van der Waals surface area contributed by atoms with Crippen LogP contribution in [0.1, 0.15) is 143 Å². The molecule has 13 nitrogen and oxygen atoms in total. The van der Waals surface area contributed by atoms with Crippen LogP contribution in [0.5, 0.6) is 0 Å². The lowest BCUT2D eigenvalue weighted by atomic mass is 10.00. The van der Waals surface area contributed by atoms with Crippen molar-refractivity contribution in [3.05, 3.63) is 0 Å². The fourth-order valence-electron chi connectivity index (χ4n) is 4.62. The molecule has 0 amide bonds. The smallest absolute Gasteiger partial charge is 0.462 e. The highest BCUT2D eigenvalue weighted by atomic mass is 31.2. The Bertz CT molecular complexity index is 896.